The van der Waals surface area contributed by atoms with Crippen LogP contribution in [-0.4, -0.2) is 42.8 Å². The summed E-state index contributed by atoms with van der Waals surface area (Å²) in [5.41, 5.74) is 0.945. The molecule has 3 rings (SSSR count). The van der Waals surface area contributed by atoms with E-state index in [9.17, 15) is 9.90 Å². The predicted octanol–water partition coefficient (Wildman–Crippen LogP) is 3.06. The Morgan fingerprint density at radius 3 is 2.68 bits per heavy atom. The number of aromatic nitrogens is 4. The fourth-order valence-corrected chi connectivity index (χ4v) is 2.82. The normalized spacial score (nSPS) is 11.8. The number of aryl methyl sites for hydroxylation is 2. The molecule has 0 aliphatic carbocycles. The number of anilines is 1. The molecule has 0 fully saturated rings. The van der Waals surface area contributed by atoms with E-state index in [2.05, 4.69) is 15.5 Å². The third kappa shape index (κ3) is 4.69. The number of nitrogens with one attached hydrogen (secondary N) is 1. The highest BCUT2D eigenvalue weighted by Gasteiger charge is 2.16. The highest BCUT2D eigenvalue weighted by molar-refractivity contribution is 6.04. The zero-order valence-electron chi connectivity index (χ0n) is 16.8. The standard InChI is InChI=1S/C20H27N5O3/c1-5-24-9-7-15(22-24)19(26)21-17-11-14-13-25(10-8-20(3,4)27)23-16(14)12-18(17)28-6-2/h7,9,11-13,27H,5-6,8,10H2,1-4H3,(H,21,26). The summed E-state index contributed by atoms with van der Waals surface area (Å²) < 4.78 is 9.20. The number of fused-ring (bicyclic) bond motifs is 1. The summed E-state index contributed by atoms with van der Waals surface area (Å²) in [6.07, 6.45) is 4.26. The summed E-state index contributed by atoms with van der Waals surface area (Å²) in [4.78, 5) is 12.6. The van der Waals surface area contributed by atoms with E-state index in [0.717, 1.165) is 10.9 Å². The molecule has 0 saturated heterocycles. The monoisotopic (exact) mass is 385 g/mol. The molecule has 8 nitrogen and oxygen atoms in total. The Kier molecular flexibility index (Phi) is 5.69. The van der Waals surface area contributed by atoms with E-state index in [4.69, 9.17) is 4.74 Å². The van der Waals surface area contributed by atoms with Gasteiger partial charge in [0.1, 0.15) is 5.75 Å². The highest BCUT2D eigenvalue weighted by Crippen LogP contribution is 2.30. The van der Waals surface area contributed by atoms with Crippen LogP contribution in [0.3, 0.4) is 0 Å². The topological polar surface area (TPSA) is 94.2 Å². The molecule has 0 spiro atoms. The van der Waals surface area contributed by atoms with E-state index in [1.807, 2.05) is 32.2 Å². The first-order chi connectivity index (χ1) is 13.3. The molecule has 0 aliphatic rings. The van der Waals surface area contributed by atoms with Gasteiger partial charge in [-0.25, -0.2) is 0 Å². The number of ether oxygens (including phenoxy) is 1. The van der Waals surface area contributed by atoms with Crippen LogP contribution in [0.1, 0.15) is 44.6 Å². The van der Waals surface area contributed by atoms with Crippen molar-refractivity contribution in [2.24, 2.45) is 0 Å². The number of carbonyl (C=O) groups excluding carboxylic acids is 1. The number of aliphatic hydroxyl groups is 1. The Balaban J connectivity index is 1.87. The maximum absolute atomic E-state index is 12.6. The van der Waals surface area contributed by atoms with Crippen molar-refractivity contribution < 1.29 is 14.6 Å². The van der Waals surface area contributed by atoms with Gasteiger partial charge in [-0.1, -0.05) is 0 Å². The first-order valence-corrected chi connectivity index (χ1v) is 9.50. The molecule has 2 N–H and O–H groups in total. The lowest BCUT2D eigenvalue weighted by molar-refractivity contribution is 0.0651. The quantitative estimate of drug-likeness (QED) is 0.621. The molecular formula is C20H27N5O3. The van der Waals surface area contributed by atoms with Crippen molar-refractivity contribution in [1.82, 2.24) is 19.6 Å². The summed E-state index contributed by atoms with van der Waals surface area (Å²) in [5, 5.41) is 22.5. The Morgan fingerprint density at radius 1 is 1.25 bits per heavy atom. The lowest BCUT2D eigenvalue weighted by atomic mass is 10.1. The Hall–Kier alpha value is -2.87. The number of benzene rings is 1. The molecule has 0 radical (unpaired) electrons. The van der Waals surface area contributed by atoms with E-state index < -0.39 is 5.60 Å². The zero-order valence-corrected chi connectivity index (χ0v) is 16.8. The van der Waals surface area contributed by atoms with Crippen LogP contribution in [0.4, 0.5) is 5.69 Å². The molecular weight excluding hydrogens is 358 g/mol. The van der Waals surface area contributed by atoms with E-state index in [1.165, 1.54) is 0 Å². The Bertz CT molecular complexity index is 968. The van der Waals surface area contributed by atoms with Crippen LogP contribution >= 0.6 is 0 Å². The molecule has 2 aromatic heterocycles. The number of carbonyl (C=O) groups is 1. The minimum absolute atomic E-state index is 0.290. The van der Waals surface area contributed by atoms with E-state index in [0.29, 0.717) is 43.2 Å². The minimum atomic E-state index is -0.754. The van der Waals surface area contributed by atoms with Gasteiger partial charge in [0.2, 0.25) is 0 Å². The third-order valence-electron chi connectivity index (χ3n) is 4.35. The van der Waals surface area contributed by atoms with Crippen molar-refractivity contribution >= 4 is 22.5 Å². The number of hydrogen-bond donors (Lipinski definition) is 2. The van der Waals surface area contributed by atoms with Crippen LogP contribution < -0.4 is 10.1 Å². The second kappa shape index (κ2) is 8.02. The molecule has 0 aliphatic heterocycles. The molecule has 1 amide bonds. The van der Waals surface area contributed by atoms with Crippen molar-refractivity contribution in [3.8, 4) is 5.75 Å². The minimum Gasteiger partial charge on any atom is -0.492 e. The average molecular weight is 385 g/mol. The van der Waals surface area contributed by atoms with Gasteiger partial charge in [-0.05, 0) is 46.2 Å². The van der Waals surface area contributed by atoms with Gasteiger partial charge in [0.05, 0.1) is 23.4 Å². The van der Waals surface area contributed by atoms with Gasteiger partial charge in [-0.15, -0.1) is 0 Å². The van der Waals surface area contributed by atoms with Crippen LogP contribution in [0.2, 0.25) is 0 Å². The Labute approximate surface area is 164 Å². The molecule has 0 atom stereocenters. The highest BCUT2D eigenvalue weighted by atomic mass is 16.5. The molecule has 150 valence electrons. The number of nitrogens with zero attached hydrogens (tertiary/aromatic N) is 4. The Morgan fingerprint density at radius 2 is 2.04 bits per heavy atom. The maximum Gasteiger partial charge on any atom is 0.276 e. The van der Waals surface area contributed by atoms with Gasteiger partial charge in [0.15, 0.2) is 5.69 Å². The summed E-state index contributed by atoms with van der Waals surface area (Å²) in [7, 11) is 0. The third-order valence-corrected chi connectivity index (χ3v) is 4.35. The van der Waals surface area contributed by atoms with E-state index >= 15 is 0 Å². The second-order valence-electron chi connectivity index (χ2n) is 7.31. The van der Waals surface area contributed by atoms with Crippen molar-refractivity contribution in [2.75, 3.05) is 11.9 Å². The predicted molar refractivity (Wildman–Crippen MR) is 108 cm³/mol. The van der Waals surface area contributed by atoms with Crippen LogP contribution in [0.5, 0.6) is 5.75 Å². The van der Waals surface area contributed by atoms with Gasteiger partial charge in [0.25, 0.3) is 5.91 Å². The van der Waals surface area contributed by atoms with Gasteiger partial charge in [-0.2, -0.15) is 10.2 Å². The van der Waals surface area contributed by atoms with Crippen molar-refractivity contribution in [3.63, 3.8) is 0 Å². The molecule has 1 aromatic carbocycles. The molecule has 8 heteroatoms. The summed E-state index contributed by atoms with van der Waals surface area (Å²) >= 11 is 0. The molecule has 3 aromatic rings. The summed E-state index contributed by atoms with van der Waals surface area (Å²) in [6, 6.07) is 5.36. The smallest absolute Gasteiger partial charge is 0.276 e. The van der Waals surface area contributed by atoms with Crippen molar-refractivity contribution in [1.29, 1.82) is 0 Å². The first kappa shape index (κ1) is 19.9. The van der Waals surface area contributed by atoms with Crippen molar-refractivity contribution in [3.05, 3.63) is 36.3 Å². The molecule has 2 heterocycles. The van der Waals surface area contributed by atoms with Crippen molar-refractivity contribution in [2.45, 2.75) is 52.8 Å². The largest absolute Gasteiger partial charge is 0.492 e. The average Bonchev–Trinajstić information content (AvgIpc) is 3.26. The molecule has 0 saturated carbocycles. The zero-order chi connectivity index (χ0) is 20.3. The van der Waals surface area contributed by atoms with Crippen LogP contribution in [-0.2, 0) is 13.1 Å². The van der Waals surface area contributed by atoms with Crippen LogP contribution in [0, 0.1) is 0 Å². The summed E-state index contributed by atoms with van der Waals surface area (Å²) in [6.45, 7) is 9.17. The lowest BCUT2D eigenvalue weighted by Gasteiger charge is -2.16. The van der Waals surface area contributed by atoms with Gasteiger partial charge in [-0.3, -0.25) is 14.2 Å². The SMILES string of the molecule is CCOc1cc2nn(CCC(C)(C)O)cc2cc1NC(=O)c1ccn(CC)n1. The van der Waals surface area contributed by atoms with Gasteiger partial charge >= 0.3 is 0 Å². The molecule has 0 unspecified atom stereocenters. The van der Waals surface area contributed by atoms with E-state index in [-0.39, 0.29) is 5.91 Å². The molecule has 28 heavy (non-hydrogen) atoms. The van der Waals surface area contributed by atoms with E-state index in [1.54, 1.807) is 35.5 Å². The van der Waals surface area contributed by atoms with Crippen LogP contribution in [0.15, 0.2) is 30.6 Å². The van der Waals surface area contributed by atoms with Crippen LogP contribution in [0.25, 0.3) is 10.9 Å². The first-order valence-electron chi connectivity index (χ1n) is 9.50. The number of amides is 1. The van der Waals surface area contributed by atoms with Gasteiger partial charge < -0.3 is 15.2 Å². The van der Waals surface area contributed by atoms with Gasteiger partial charge in [0, 0.05) is 36.9 Å². The maximum atomic E-state index is 12.6. The lowest BCUT2D eigenvalue weighted by Crippen LogP contribution is -2.21. The fourth-order valence-electron chi connectivity index (χ4n) is 2.82. The number of rotatable bonds is 8. The summed E-state index contributed by atoms with van der Waals surface area (Å²) in [5.74, 6) is 0.271. The number of hydrogen-bond acceptors (Lipinski definition) is 5. The fraction of sp³-hybridized carbons (Fsp3) is 0.450. The second-order valence-corrected chi connectivity index (χ2v) is 7.31. The molecule has 0 bridgehead atoms.